The van der Waals surface area contributed by atoms with Gasteiger partial charge in [-0.15, -0.1) is 0 Å². The lowest BCUT2D eigenvalue weighted by atomic mass is 9.91. The summed E-state index contributed by atoms with van der Waals surface area (Å²) in [4.78, 5) is 21.6. The van der Waals surface area contributed by atoms with E-state index in [1.165, 1.54) is 0 Å². The van der Waals surface area contributed by atoms with Crippen LogP contribution in [-0.2, 0) is 11.8 Å². The minimum absolute atomic E-state index is 0.167. The van der Waals surface area contributed by atoms with E-state index >= 15 is 0 Å². The van der Waals surface area contributed by atoms with Gasteiger partial charge < -0.3 is 10.2 Å². The van der Waals surface area contributed by atoms with Crippen molar-refractivity contribution in [3.8, 4) is 0 Å². The number of hydrogen-bond acceptors (Lipinski definition) is 2. The minimum atomic E-state index is -5.99. The fraction of sp³-hybridized carbons (Fsp3) is 0.176. The summed E-state index contributed by atoms with van der Waals surface area (Å²) in [5.74, 6) is -20.3. The molecule has 10 heteroatoms. The molecule has 2 rings (SSSR count). The monoisotopic (exact) mass is 392 g/mol. The van der Waals surface area contributed by atoms with Gasteiger partial charge >= 0.3 is 29.7 Å². The van der Waals surface area contributed by atoms with Crippen molar-refractivity contribution in [2.24, 2.45) is 0 Å². The van der Waals surface area contributed by atoms with Gasteiger partial charge in [0.2, 0.25) is 0 Å². The zero-order valence-electron chi connectivity index (χ0n) is 13.1. The van der Waals surface area contributed by atoms with E-state index in [4.69, 9.17) is 10.2 Å². The van der Waals surface area contributed by atoms with Crippen molar-refractivity contribution in [2.75, 3.05) is 0 Å². The van der Waals surface area contributed by atoms with Crippen LogP contribution in [0.1, 0.15) is 31.8 Å². The predicted octanol–water partition coefficient (Wildman–Crippen LogP) is 4.60. The van der Waals surface area contributed by atoms with Crippen LogP contribution in [0.15, 0.2) is 48.5 Å². The van der Waals surface area contributed by atoms with Crippen LogP contribution in [-0.4, -0.2) is 28.1 Å². The Kier molecular flexibility index (Phi) is 4.96. The van der Waals surface area contributed by atoms with Crippen LogP contribution in [0.4, 0.5) is 26.3 Å². The average Bonchev–Trinajstić information content (AvgIpc) is 2.61. The molecule has 2 N–H and O–H groups in total. The molecule has 0 amide bonds. The summed E-state index contributed by atoms with van der Waals surface area (Å²) in [5, 5.41) is 17.5. The molecule has 0 aliphatic carbocycles. The number of aromatic carboxylic acids is 2. The first kappa shape index (κ1) is 20.3. The second-order valence-corrected chi connectivity index (χ2v) is 5.50. The molecular formula is C17H10F6O4. The number of halogens is 6. The van der Waals surface area contributed by atoms with Crippen molar-refractivity contribution in [2.45, 2.75) is 17.8 Å². The molecule has 0 fully saturated rings. The zero-order valence-corrected chi connectivity index (χ0v) is 13.1. The second-order valence-electron chi connectivity index (χ2n) is 5.50. The number of alkyl halides is 6. The topological polar surface area (TPSA) is 74.6 Å². The number of carboxylic acids is 2. The van der Waals surface area contributed by atoms with E-state index in [-0.39, 0.29) is 12.1 Å². The third-order valence-corrected chi connectivity index (χ3v) is 3.73. The first-order chi connectivity index (χ1) is 12.3. The summed E-state index contributed by atoms with van der Waals surface area (Å²) in [5.41, 5.74) is -4.83. The Hall–Kier alpha value is -3.04. The molecule has 0 saturated heterocycles. The van der Waals surface area contributed by atoms with E-state index in [1.54, 1.807) is 0 Å². The molecule has 0 atom stereocenters. The second kappa shape index (κ2) is 6.60. The van der Waals surface area contributed by atoms with Gasteiger partial charge in [0, 0.05) is 11.1 Å². The summed E-state index contributed by atoms with van der Waals surface area (Å²) in [6, 6.07) is 4.20. The van der Waals surface area contributed by atoms with E-state index in [0.29, 0.717) is 24.3 Å². The van der Waals surface area contributed by atoms with E-state index in [2.05, 4.69) is 0 Å². The standard InChI is InChI=1S/C17H10F6O4/c18-15(19,11-5-1-3-9(7-11)13(24)25)17(22,23)16(20,21)12-6-2-4-10(8-12)14(26)27/h1-8H,(H,24,25)(H,26,27). The molecule has 0 saturated carbocycles. The maximum atomic E-state index is 14.3. The highest BCUT2D eigenvalue weighted by Crippen LogP contribution is 2.55. The fourth-order valence-corrected chi connectivity index (χ4v) is 2.25. The Morgan fingerprint density at radius 1 is 0.667 bits per heavy atom. The van der Waals surface area contributed by atoms with Crippen LogP contribution < -0.4 is 0 Å². The maximum Gasteiger partial charge on any atom is 0.380 e. The zero-order chi connectivity index (χ0) is 20.6. The molecule has 4 nitrogen and oxygen atoms in total. The van der Waals surface area contributed by atoms with Crippen molar-refractivity contribution < 1.29 is 46.1 Å². The number of rotatable bonds is 6. The fourth-order valence-electron chi connectivity index (χ4n) is 2.25. The quantitative estimate of drug-likeness (QED) is 0.705. The first-order valence-corrected chi connectivity index (χ1v) is 7.13. The van der Waals surface area contributed by atoms with Gasteiger partial charge in [-0.2, -0.15) is 26.3 Å². The van der Waals surface area contributed by atoms with E-state index in [9.17, 15) is 35.9 Å². The highest BCUT2D eigenvalue weighted by Gasteiger charge is 2.72. The highest BCUT2D eigenvalue weighted by molar-refractivity contribution is 5.88. The lowest BCUT2D eigenvalue weighted by molar-refractivity contribution is -0.321. The third kappa shape index (κ3) is 3.34. The van der Waals surface area contributed by atoms with E-state index < -0.39 is 52.0 Å². The van der Waals surface area contributed by atoms with Crippen LogP contribution in [0, 0.1) is 0 Å². The van der Waals surface area contributed by atoms with E-state index in [1.807, 2.05) is 0 Å². The molecule has 2 aromatic rings. The van der Waals surface area contributed by atoms with Crippen LogP contribution in [0.3, 0.4) is 0 Å². The first-order valence-electron chi connectivity index (χ1n) is 7.13. The minimum Gasteiger partial charge on any atom is -0.478 e. The maximum absolute atomic E-state index is 14.3. The molecule has 0 radical (unpaired) electrons. The molecule has 0 unspecified atom stereocenters. The number of carbonyl (C=O) groups is 2. The molecule has 0 aliphatic rings. The molecule has 0 spiro atoms. The van der Waals surface area contributed by atoms with Crippen molar-refractivity contribution in [1.82, 2.24) is 0 Å². The van der Waals surface area contributed by atoms with Crippen LogP contribution in [0.25, 0.3) is 0 Å². The summed E-state index contributed by atoms with van der Waals surface area (Å²) in [6.45, 7) is 0. The van der Waals surface area contributed by atoms with Gasteiger partial charge in [0.25, 0.3) is 0 Å². The Bertz CT molecular complexity index is 823. The van der Waals surface area contributed by atoms with Crippen molar-refractivity contribution in [3.05, 3.63) is 70.8 Å². The molecule has 144 valence electrons. The number of hydrogen-bond donors (Lipinski definition) is 2. The molecule has 0 aliphatic heterocycles. The predicted molar refractivity (Wildman–Crippen MR) is 79.5 cm³/mol. The van der Waals surface area contributed by atoms with Crippen molar-refractivity contribution in [3.63, 3.8) is 0 Å². The Morgan fingerprint density at radius 3 is 1.30 bits per heavy atom. The Labute approximate surface area is 147 Å². The summed E-state index contributed by atoms with van der Waals surface area (Å²) >= 11 is 0. The smallest absolute Gasteiger partial charge is 0.380 e. The van der Waals surface area contributed by atoms with Crippen LogP contribution in [0.5, 0.6) is 0 Å². The lowest BCUT2D eigenvalue weighted by Crippen LogP contribution is -2.50. The van der Waals surface area contributed by atoms with Gasteiger partial charge in [-0.1, -0.05) is 24.3 Å². The molecule has 27 heavy (non-hydrogen) atoms. The highest BCUT2D eigenvalue weighted by atomic mass is 19.3. The van der Waals surface area contributed by atoms with Crippen LogP contribution >= 0.6 is 0 Å². The van der Waals surface area contributed by atoms with E-state index in [0.717, 1.165) is 12.1 Å². The van der Waals surface area contributed by atoms with Gasteiger partial charge in [-0.05, 0) is 24.3 Å². The lowest BCUT2D eigenvalue weighted by Gasteiger charge is -2.33. The number of benzene rings is 2. The summed E-state index contributed by atoms with van der Waals surface area (Å²) in [7, 11) is 0. The molecule has 0 aromatic heterocycles. The SMILES string of the molecule is O=C(O)c1cccc(C(F)(F)C(F)(F)C(F)(F)c2cccc(C(=O)O)c2)c1. The molecule has 0 heterocycles. The van der Waals surface area contributed by atoms with Crippen molar-refractivity contribution >= 4 is 11.9 Å². The number of carboxylic acid groups (broad SMARTS) is 2. The average molecular weight is 392 g/mol. The van der Waals surface area contributed by atoms with Gasteiger partial charge in [-0.25, -0.2) is 9.59 Å². The molecule has 0 bridgehead atoms. The van der Waals surface area contributed by atoms with Crippen molar-refractivity contribution in [1.29, 1.82) is 0 Å². The van der Waals surface area contributed by atoms with Gasteiger partial charge in [0.05, 0.1) is 11.1 Å². The largest absolute Gasteiger partial charge is 0.478 e. The Morgan fingerprint density at radius 2 is 1.00 bits per heavy atom. The Balaban J connectivity index is 2.57. The van der Waals surface area contributed by atoms with Gasteiger partial charge in [0.15, 0.2) is 0 Å². The normalized spacial score (nSPS) is 12.7. The molecular weight excluding hydrogens is 382 g/mol. The van der Waals surface area contributed by atoms with Crippen LogP contribution in [0.2, 0.25) is 0 Å². The molecule has 2 aromatic carbocycles. The summed E-state index contributed by atoms with van der Waals surface area (Å²) in [6.07, 6.45) is 0. The third-order valence-electron chi connectivity index (χ3n) is 3.73. The van der Waals surface area contributed by atoms with Gasteiger partial charge in [-0.3, -0.25) is 0 Å². The summed E-state index contributed by atoms with van der Waals surface area (Å²) < 4.78 is 85.6. The van der Waals surface area contributed by atoms with Gasteiger partial charge in [0.1, 0.15) is 0 Å².